The summed E-state index contributed by atoms with van der Waals surface area (Å²) in [5.74, 6) is -0.345. The largest absolute Gasteiger partial charge is 0.456 e. The molecular weight excluding hydrogens is 532 g/mol. The van der Waals surface area contributed by atoms with E-state index < -0.39 is 59.2 Å². The summed E-state index contributed by atoms with van der Waals surface area (Å²) in [5, 5.41) is 58.4. The minimum absolute atomic E-state index is 0.0355. The zero-order valence-electron chi connectivity index (χ0n) is 27.3. The highest BCUT2D eigenvalue weighted by Crippen LogP contribution is 2.75. The van der Waals surface area contributed by atoms with Gasteiger partial charge in [0, 0.05) is 16.4 Å². The SMILES string of the molecule is C/C=C(/C)C(=O)OC1C(O)[C@]2(CO)C(O)C(O)[C@]3(C)C(=CC[C@@H]4[C@@]5(C)CCC(O)C(C)(C)[C@@H]5CC[C@]43C)[C@@H]2CC1(C)C. The molecule has 4 saturated carbocycles. The number of rotatable bonds is 3. The molecule has 4 fully saturated rings. The zero-order chi connectivity index (χ0) is 31.4. The third-order valence-electron chi connectivity index (χ3n) is 14.5. The van der Waals surface area contributed by atoms with E-state index in [-0.39, 0.29) is 28.3 Å². The van der Waals surface area contributed by atoms with E-state index in [1.165, 1.54) is 0 Å². The van der Waals surface area contributed by atoms with Crippen LogP contribution in [0.25, 0.3) is 0 Å². The van der Waals surface area contributed by atoms with Gasteiger partial charge in [-0.25, -0.2) is 4.79 Å². The first-order valence-electron chi connectivity index (χ1n) is 16.2. The molecule has 0 aromatic rings. The summed E-state index contributed by atoms with van der Waals surface area (Å²) < 4.78 is 5.90. The Labute approximate surface area is 252 Å². The van der Waals surface area contributed by atoms with Crippen molar-refractivity contribution in [3.05, 3.63) is 23.3 Å². The molecule has 0 radical (unpaired) electrons. The molecule has 7 nitrogen and oxygen atoms in total. The summed E-state index contributed by atoms with van der Waals surface area (Å²) in [6, 6.07) is 0. The molecule has 5 aliphatic carbocycles. The lowest BCUT2D eigenvalue weighted by atomic mass is 9.32. The highest BCUT2D eigenvalue weighted by atomic mass is 16.6. The van der Waals surface area contributed by atoms with Crippen LogP contribution >= 0.6 is 0 Å². The fourth-order valence-electron chi connectivity index (χ4n) is 11.5. The summed E-state index contributed by atoms with van der Waals surface area (Å²) in [6.07, 6.45) is 3.39. The minimum Gasteiger partial charge on any atom is -0.456 e. The Morgan fingerprint density at radius 3 is 2.19 bits per heavy atom. The molecule has 238 valence electrons. The van der Waals surface area contributed by atoms with Crippen molar-refractivity contribution in [3.8, 4) is 0 Å². The number of hydrogen-bond donors (Lipinski definition) is 5. The fraction of sp³-hybridized carbons (Fsp3) is 0.857. The average Bonchev–Trinajstić information content (AvgIpc) is 2.92. The van der Waals surface area contributed by atoms with Crippen LogP contribution in [0.15, 0.2) is 23.3 Å². The summed E-state index contributed by atoms with van der Waals surface area (Å²) in [6.45, 7) is 18.0. The van der Waals surface area contributed by atoms with E-state index in [0.29, 0.717) is 17.9 Å². The Bertz CT molecular complexity index is 1170. The van der Waals surface area contributed by atoms with E-state index in [9.17, 15) is 30.3 Å². The lowest BCUT2D eigenvalue weighted by molar-refractivity contribution is -0.289. The smallest absolute Gasteiger partial charge is 0.333 e. The number of aliphatic hydroxyl groups is 5. The molecule has 0 aromatic heterocycles. The molecule has 42 heavy (non-hydrogen) atoms. The van der Waals surface area contributed by atoms with Gasteiger partial charge in [0.15, 0.2) is 0 Å². The van der Waals surface area contributed by atoms with E-state index in [1.54, 1.807) is 19.9 Å². The first-order valence-corrected chi connectivity index (χ1v) is 16.2. The van der Waals surface area contributed by atoms with Gasteiger partial charge >= 0.3 is 5.97 Å². The zero-order valence-corrected chi connectivity index (χ0v) is 27.3. The number of esters is 1. The van der Waals surface area contributed by atoms with Crippen molar-refractivity contribution in [1.82, 2.24) is 0 Å². The van der Waals surface area contributed by atoms with Gasteiger partial charge in [-0.15, -0.1) is 0 Å². The van der Waals surface area contributed by atoms with Crippen molar-refractivity contribution in [2.75, 3.05) is 6.61 Å². The molecule has 0 spiro atoms. The lowest BCUT2D eigenvalue weighted by Gasteiger charge is -2.73. The van der Waals surface area contributed by atoms with E-state index in [4.69, 9.17) is 4.74 Å². The molecule has 0 amide bonds. The van der Waals surface area contributed by atoms with Gasteiger partial charge < -0.3 is 30.3 Å². The summed E-state index contributed by atoms with van der Waals surface area (Å²) in [4.78, 5) is 12.9. The van der Waals surface area contributed by atoms with E-state index in [0.717, 1.165) is 37.7 Å². The molecule has 0 aliphatic heterocycles. The topological polar surface area (TPSA) is 127 Å². The maximum atomic E-state index is 12.9. The molecule has 7 heteroatoms. The number of allylic oxidation sites excluding steroid dienone is 2. The van der Waals surface area contributed by atoms with Crippen molar-refractivity contribution in [1.29, 1.82) is 0 Å². The second-order valence-electron chi connectivity index (χ2n) is 16.7. The molecule has 5 aliphatic rings. The molecule has 0 saturated heterocycles. The molecule has 0 aromatic carbocycles. The Kier molecular flexibility index (Phi) is 7.56. The third-order valence-corrected chi connectivity index (χ3v) is 14.5. The third kappa shape index (κ3) is 3.79. The molecule has 12 atom stereocenters. The Balaban J connectivity index is 1.62. The predicted molar refractivity (Wildman–Crippen MR) is 161 cm³/mol. The quantitative estimate of drug-likeness (QED) is 0.186. The second kappa shape index (κ2) is 9.87. The average molecular weight is 589 g/mol. The van der Waals surface area contributed by atoms with Crippen LogP contribution in [-0.2, 0) is 9.53 Å². The van der Waals surface area contributed by atoms with Gasteiger partial charge in [0.05, 0.1) is 30.3 Å². The number of hydrogen-bond acceptors (Lipinski definition) is 7. The number of fused-ring (bicyclic) bond motifs is 7. The fourth-order valence-corrected chi connectivity index (χ4v) is 11.5. The van der Waals surface area contributed by atoms with E-state index >= 15 is 0 Å². The van der Waals surface area contributed by atoms with Crippen LogP contribution in [0.5, 0.6) is 0 Å². The minimum atomic E-state index is -1.48. The molecule has 0 bridgehead atoms. The van der Waals surface area contributed by atoms with Gasteiger partial charge in [0.2, 0.25) is 0 Å². The van der Waals surface area contributed by atoms with E-state index in [2.05, 4.69) is 40.7 Å². The van der Waals surface area contributed by atoms with Crippen LogP contribution in [-0.4, -0.2) is 68.6 Å². The van der Waals surface area contributed by atoms with Crippen LogP contribution in [0.4, 0.5) is 0 Å². The normalized spacial score (nSPS) is 51.3. The first kappa shape index (κ1) is 32.2. The van der Waals surface area contributed by atoms with Crippen LogP contribution < -0.4 is 0 Å². The van der Waals surface area contributed by atoms with Gasteiger partial charge in [-0.05, 0) is 86.4 Å². The molecule has 5 unspecified atom stereocenters. The first-order chi connectivity index (χ1) is 19.3. The summed E-state index contributed by atoms with van der Waals surface area (Å²) >= 11 is 0. The van der Waals surface area contributed by atoms with Gasteiger partial charge in [0.25, 0.3) is 0 Å². The number of aliphatic hydroxyl groups excluding tert-OH is 5. The Hall–Kier alpha value is -1.25. The number of carbonyl (C=O) groups excluding carboxylic acids is 1. The number of ether oxygens (including phenoxy) is 1. The van der Waals surface area contributed by atoms with Crippen molar-refractivity contribution in [2.45, 2.75) is 131 Å². The van der Waals surface area contributed by atoms with Gasteiger partial charge in [0.1, 0.15) is 12.2 Å². The van der Waals surface area contributed by atoms with E-state index in [1.807, 2.05) is 13.8 Å². The Morgan fingerprint density at radius 1 is 0.952 bits per heavy atom. The van der Waals surface area contributed by atoms with Crippen LogP contribution in [0, 0.1) is 50.2 Å². The monoisotopic (exact) mass is 588 g/mol. The predicted octanol–water partition coefficient (Wildman–Crippen LogP) is 4.54. The van der Waals surface area contributed by atoms with Crippen molar-refractivity contribution in [2.24, 2.45) is 50.2 Å². The van der Waals surface area contributed by atoms with Crippen LogP contribution in [0.2, 0.25) is 0 Å². The van der Waals surface area contributed by atoms with Gasteiger partial charge in [-0.3, -0.25) is 0 Å². The molecule has 5 rings (SSSR count). The molecular formula is C35H56O7. The van der Waals surface area contributed by atoms with Gasteiger partial charge in [-0.1, -0.05) is 66.2 Å². The highest BCUT2D eigenvalue weighted by Gasteiger charge is 2.75. The van der Waals surface area contributed by atoms with Crippen LogP contribution in [0.3, 0.4) is 0 Å². The van der Waals surface area contributed by atoms with Crippen molar-refractivity contribution in [3.63, 3.8) is 0 Å². The summed E-state index contributed by atoms with van der Waals surface area (Å²) in [7, 11) is 0. The Morgan fingerprint density at radius 2 is 1.60 bits per heavy atom. The molecule has 0 heterocycles. The maximum Gasteiger partial charge on any atom is 0.333 e. The molecule has 5 N–H and O–H groups in total. The summed E-state index contributed by atoms with van der Waals surface area (Å²) in [5.41, 5.74) is -2.05. The van der Waals surface area contributed by atoms with Crippen LogP contribution in [0.1, 0.15) is 101 Å². The van der Waals surface area contributed by atoms with Crippen molar-refractivity contribution < 1.29 is 35.1 Å². The lowest BCUT2D eigenvalue weighted by Crippen LogP contribution is -2.76. The van der Waals surface area contributed by atoms with Gasteiger partial charge in [-0.2, -0.15) is 0 Å². The maximum absolute atomic E-state index is 12.9. The van der Waals surface area contributed by atoms with Crippen molar-refractivity contribution >= 4 is 5.97 Å². The second-order valence-corrected chi connectivity index (χ2v) is 16.7. The highest BCUT2D eigenvalue weighted by molar-refractivity contribution is 5.87. The number of carbonyl (C=O) groups is 1. The standard InChI is InChI=1S/C35H56O7/c1-10-19(2)29(41)42-28-27(40)35(18-36)21(17-30(28,3)4)20-11-12-23-32(7)15-14-24(37)31(5,6)22(32)13-16-33(23,8)34(20,9)25(38)26(35)39/h10-11,21-28,36-40H,12-18H2,1-9H3/b19-10-/t21-,22-,23+,24?,25?,26?,27?,28?,32-,33+,34-,35-/m0/s1.